The molecule has 1 aliphatic rings. The number of aromatic amines is 1. The zero-order chi connectivity index (χ0) is 22.9. The first-order valence-corrected chi connectivity index (χ1v) is 11.5. The lowest BCUT2D eigenvalue weighted by Crippen LogP contribution is -2.31. The molecule has 0 bridgehead atoms. The highest BCUT2D eigenvalue weighted by Crippen LogP contribution is 2.32. The number of rotatable bonds is 5. The number of amides is 1. The van der Waals surface area contributed by atoms with Crippen LogP contribution in [0.4, 0.5) is 4.39 Å². The van der Waals surface area contributed by atoms with Gasteiger partial charge in [-0.2, -0.15) is 0 Å². The average Bonchev–Trinajstić information content (AvgIpc) is 3.48. The average molecular weight is 443 g/mol. The van der Waals surface area contributed by atoms with Crippen LogP contribution >= 0.6 is 0 Å². The van der Waals surface area contributed by atoms with Crippen LogP contribution in [0, 0.1) is 5.82 Å². The van der Waals surface area contributed by atoms with E-state index in [1.807, 2.05) is 35.4 Å². The Kier molecular flexibility index (Phi) is 5.67. The van der Waals surface area contributed by atoms with Crippen LogP contribution < -0.4 is 0 Å². The Balaban J connectivity index is 1.33. The van der Waals surface area contributed by atoms with Crippen molar-refractivity contribution in [1.82, 2.24) is 19.9 Å². The number of hydrogen-bond acceptors (Lipinski definition) is 3. The number of imidazole rings is 1. The molecule has 33 heavy (non-hydrogen) atoms. The molecule has 1 amide bonds. The van der Waals surface area contributed by atoms with Crippen molar-refractivity contribution in [3.8, 4) is 0 Å². The van der Waals surface area contributed by atoms with Crippen molar-refractivity contribution in [1.29, 1.82) is 0 Å². The van der Waals surface area contributed by atoms with Gasteiger partial charge in [0.25, 0.3) is 5.91 Å². The van der Waals surface area contributed by atoms with E-state index in [1.165, 1.54) is 12.1 Å². The van der Waals surface area contributed by atoms with E-state index in [0.29, 0.717) is 17.9 Å². The number of likely N-dealkylation sites (tertiary alicyclic amines) is 1. The summed E-state index contributed by atoms with van der Waals surface area (Å²) in [6, 6.07) is 16.3. The van der Waals surface area contributed by atoms with Crippen LogP contribution in [0.25, 0.3) is 11.0 Å². The number of benzene rings is 2. The topological polar surface area (TPSA) is 61.9 Å². The molecule has 3 heterocycles. The number of aromatic nitrogens is 3. The first kappa shape index (κ1) is 21.3. The van der Waals surface area contributed by atoms with Crippen LogP contribution in [0.3, 0.4) is 0 Å². The van der Waals surface area contributed by atoms with E-state index in [9.17, 15) is 9.18 Å². The maximum Gasteiger partial charge on any atom is 0.254 e. The smallest absolute Gasteiger partial charge is 0.254 e. The van der Waals surface area contributed by atoms with Gasteiger partial charge in [-0.25, -0.2) is 9.37 Å². The van der Waals surface area contributed by atoms with Gasteiger partial charge in [-0.3, -0.25) is 9.78 Å². The van der Waals surface area contributed by atoms with Crippen molar-refractivity contribution in [3.05, 3.63) is 94.8 Å². The number of nitrogens with one attached hydrogen (secondary N) is 1. The summed E-state index contributed by atoms with van der Waals surface area (Å²) in [6.07, 6.45) is 4.42. The second-order valence-electron chi connectivity index (χ2n) is 9.06. The number of nitrogens with zero attached hydrogens (tertiary/aromatic N) is 3. The molecular weight excluding hydrogens is 415 g/mol. The largest absolute Gasteiger partial charge is 0.342 e. The van der Waals surface area contributed by atoms with Crippen molar-refractivity contribution in [3.63, 3.8) is 0 Å². The van der Waals surface area contributed by atoms with Crippen molar-refractivity contribution >= 4 is 16.9 Å². The standard InChI is InChI=1S/C27H27FN4O/c1-17(2)26-30-22-12-8-20(15-24(22)31-26)27(33)32-13-3-4-25(32)23-11-7-19(16-29-23)14-18-5-9-21(28)10-6-18/h5-12,15-17,25H,3-4,13-14H2,1-2H3,(H,30,31)/t25-/m0/s1. The fourth-order valence-corrected chi connectivity index (χ4v) is 4.49. The van der Waals surface area contributed by atoms with Crippen LogP contribution in [0.2, 0.25) is 0 Å². The molecular formula is C27H27FN4O. The first-order chi connectivity index (χ1) is 16.0. The minimum Gasteiger partial charge on any atom is -0.342 e. The van der Waals surface area contributed by atoms with Gasteiger partial charge in [0.05, 0.1) is 22.8 Å². The quantitative estimate of drug-likeness (QED) is 0.426. The maximum atomic E-state index is 13.4. The lowest BCUT2D eigenvalue weighted by atomic mass is 10.0. The van der Waals surface area contributed by atoms with Gasteiger partial charge in [0.2, 0.25) is 0 Å². The third-order valence-corrected chi connectivity index (χ3v) is 6.32. The molecule has 4 aromatic rings. The molecule has 1 saturated heterocycles. The molecule has 5 nitrogen and oxygen atoms in total. The highest BCUT2D eigenvalue weighted by Gasteiger charge is 2.31. The molecule has 0 spiro atoms. The molecule has 5 rings (SSSR count). The normalized spacial score (nSPS) is 16.1. The molecule has 2 aromatic heterocycles. The number of fused-ring (bicyclic) bond motifs is 1. The van der Waals surface area contributed by atoms with E-state index >= 15 is 0 Å². The van der Waals surface area contributed by atoms with Gasteiger partial charge in [-0.15, -0.1) is 0 Å². The van der Waals surface area contributed by atoms with Crippen LogP contribution in [-0.2, 0) is 6.42 Å². The fourth-order valence-electron chi connectivity index (χ4n) is 4.49. The number of halogens is 1. The third-order valence-electron chi connectivity index (χ3n) is 6.32. The predicted octanol–water partition coefficient (Wildman–Crippen LogP) is 5.79. The number of carbonyl (C=O) groups is 1. The molecule has 0 radical (unpaired) electrons. The van der Waals surface area contributed by atoms with Gasteiger partial charge in [-0.05, 0) is 66.8 Å². The van der Waals surface area contributed by atoms with Gasteiger partial charge in [0.15, 0.2) is 0 Å². The summed E-state index contributed by atoms with van der Waals surface area (Å²) in [5, 5.41) is 0. The van der Waals surface area contributed by atoms with E-state index in [2.05, 4.69) is 34.9 Å². The lowest BCUT2D eigenvalue weighted by Gasteiger charge is -2.24. The van der Waals surface area contributed by atoms with Gasteiger partial charge in [-0.1, -0.05) is 32.0 Å². The number of hydrogen-bond donors (Lipinski definition) is 1. The van der Waals surface area contributed by atoms with Crippen molar-refractivity contribution in [2.24, 2.45) is 0 Å². The Morgan fingerprint density at radius 2 is 1.91 bits per heavy atom. The van der Waals surface area contributed by atoms with Crippen LogP contribution in [0.15, 0.2) is 60.8 Å². The van der Waals surface area contributed by atoms with Crippen LogP contribution in [-0.4, -0.2) is 32.3 Å². The molecule has 1 fully saturated rings. The Morgan fingerprint density at radius 1 is 1.12 bits per heavy atom. The monoisotopic (exact) mass is 442 g/mol. The molecule has 0 saturated carbocycles. The molecule has 1 N–H and O–H groups in total. The van der Waals surface area contributed by atoms with Gasteiger partial charge in [0.1, 0.15) is 11.6 Å². The Morgan fingerprint density at radius 3 is 2.64 bits per heavy atom. The summed E-state index contributed by atoms with van der Waals surface area (Å²) in [4.78, 5) is 28.0. The van der Waals surface area contributed by atoms with E-state index in [0.717, 1.165) is 53.1 Å². The molecule has 1 aliphatic heterocycles. The van der Waals surface area contributed by atoms with Crippen molar-refractivity contribution in [2.45, 2.75) is 45.1 Å². The van der Waals surface area contributed by atoms with Gasteiger partial charge >= 0.3 is 0 Å². The summed E-state index contributed by atoms with van der Waals surface area (Å²) >= 11 is 0. The Labute approximate surface area is 192 Å². The van der Waals surface area contributed by atoms with Gasteiger partial charge in [0, 0.05) is 24.2 Å². The second-order valence-corrected chi connectivity index (χ2v) is 9.06. The van der Waals surface area contributed by atoms with Gasteiger partial charge < -0.3 is 9.88 Å². The second kappa shape index (κ2) is 8.77. The van der Waals surface area contributed by atoms with E-state index in [-0.39, 0.29) is 17.8 Å². The van der Waals surface area contributed by atoms with E-state index in [1.54, 1.807) is 12.1 Å². The minimum atomic E-state index is -0.231. The fraction of sp³-hybridized carbons (Fsp3) is 0.296. The lowest BCUT2D eigenvalue weighted by molar-refractivity contribution is 0.0733. The summed E-state index contributed by atoms with van der Waals surface area (Å²) in [5.41, 5.74) is 5.45. The minimum absolute atomic E-state index is 0.0253. The molecule has 6 heteroatoms. The zero-order valence-electron chi connectivity index (χ0n) is 18.9. The molecule has 2 aromatic carbocycles. The summed E-state index contributed by atoms with van der Waals surface area (Å²) < 4.78 is 13.1. The van der Waals surface area contributed by atoms with E-state index < -0.39 is 0 Å². The first-order valence-electron chi connectivity index (χ1n) is 11.5. The summed E-state index contributed by atoms with van der Waals surface area (Å²) in [5.74, 6) is 1.03. The van der Waals surface area contributed by atoms with Crippen molar-refractivity contribution < 1.29 is 9.18 Å². The van der Waals surface area contributed by atoms with Crippen molar-refractivity contribution in [2.75, 3.05) is 6.54 Å². The highest BCUT2D eigenvalue weighted by molar-refractivity contribution is 5.97. The zero-order valence-corrected chi connectivity index (χ0v) is 18.9. The number of pyridine rings is 1. The molecule has 0 aliphatic carbocycles. The molecule has 0 unspecified atom stereocenters. The summed E-state index contributed by atoms with van der Waals surface area (Å²) in [6.45, 7) is 4.91. The van der Waals surface area contributed by atoms with Crippen LogP contribution in [0.1, 0.15) is 71.7 Å². The Hall–Kier alpha value is -3.54. The molecule has 168 valence electrons. The van der Waals surface area contributed by atoms with Crippen LogP contribution in [0.5, 0.6) is 0 Å². The summed E-state index contributed by atoms with van der Waals surface area (Å²) in [7, 11) is 0. The molecule has 1 atom stereocenters. The SMILES string of the molecule is CC(C)c1nc2ccc(C(=O)N3CCC[C@H]3c3ccc(Cc4ccc(F)cc4)cn3)cc2[nH]1. The maximum absolute atomic E-state index is 13.4. The number of carbonyl (C=O) groups excluding carboxylic acids is 1. The highest BCUT2D eigenvalue weighted by atomic mass is 19.1. The third kappa shape index (κ3) is 4.38. The number of H-pyrrole nitrogens is 1. The van der Waals surface area contributed by atoms with E-state index in [4.69, 9.17) is 0 Å². The Bertz CT molecular complexity index is 1280. The predicted molar refractivity (Wildman–Crippen MR) is 127 cm³/mol.